The van der Waals surface area contributed by atoms with Crippen LogP contribution < -0.4 is 0 Å². The van der Waals surface area contributed by atoms with E-state index >= 15 is 0 Å². The molecule has 18 heavy (non-hydrogen) atoms. The highest BCUT2D eigenvalue weighted by Gasteiger charge is 2.05. The summed E-state index contributed by atoms with van der Waals surface area (Å²) < 4.78 is 1.66. The first-order chi connectivity index (χ1) is 8.70. The molecule has 0 saturated heterocycles. The Bertz CT molecular complexity index is 531. The standard InChI is InChI=1S/C13H15N3O2/c1-2-3-4-11-9-16(15-14-11)12-7-5-10(6-8-12)13(17)18/h5-9H,2-4H2,1H3,(H,17,18). The van der Waals surface area contributed by atoms with Gasteiger partial charge in [0.05, 0.1) is 23.1 Å². The Morgan fingerprint density at radius 1 is 1.33 bits per heavy atom. The van der Waals surface area contributed by atoms with Crippen molar-refractivity contribution in [1.82, 2.24) is 15.0 Å². The van der Waals surface area contributed by atoms with Crippen LogP contribution in [-0.4, -0.2) is 26.1 Å². The number of nitrogens with zero attached hydrogens (tertiary/aromatic N) is 3. The summed E-state index contributed by atoms with van der Waals surface area (Å²) in [6, 6.07) is 6.57. The molecule has 2 aromatic rings. The van der Waals surface area contributed by atoms with Gasteiger partial charge in [-0.05, 0) is 37.1 Å². The van der Waals surface area contributed by atoms with E-state index in [9.17, 15) is 4.79 Å². The van der Waals surface area contributed by atoms with Crippen molar-refractivity contribution in [2.24, 2.45) is 0 Å². The van der Waals surface area contributed by atoms with Crippen LogP contribution in [0.2, 0.25) is 0 Å². The molecule has 5 heteroatoms. The number of carboxylic acid groups (broad SMARTS) is 1. The van der Waals surface area contributed by atoms with E-state index in [-0.39, 0.29) is 5.56 Å². The van der Waals surface area contributed by atoms with E-state index in [1.807, 2.05) is 6.20 Å². The van der Waals surface area contributed by atoms with Crippen LogP contribution >= 0.6 is 0 Å². The highest BCUT2D eigenvalue weighted by atomic mass is 16.4. The summed E-state index contributed by atoms with van der Waals surface area (Å²) in [6.45, 7) is 2.13. The topological polar surface area (TPSA) is 68.0 Å². The largest absolute Gasteiger partial charge is 0.478 e. The summed E-state index contributed by atoms with van der Waals surface area (Å²) in [5, 5.41) is 16.9. The molecule has 1 N–H and O–H groups in total. The lowest BCUT2D eigenvalue weighted by atomic mass is 10.2. The van der Waals surface area contributed by atoms with Gasteiger partial charge in [0, 0.05) is 0 Å². The number of unbranched alkanes of at least 4 members (excludes halogenated alkanes) is 1. The van der Waals surface area contributed by atoms with Crippen LogP contribution in [0.3, 0.4) is 0 Å². The molecule has 2 rings (SSSR count). The first-order valence-electron chi connectivity index (χ1n) is 5.95. The predicted octanol–water partition coefficient (Wildman–Crippen LogP) is 2.31. The molecule has 0 bridgehead atoms. The zero-order chi connectivity index (χ0) is 13.0. The molecular weight excluding hydrogens is 230 g/mol. The SMILES string of the molecule is CCCCc1cn(-c2ccc(C(=O)O)cc2)nn1. The van der Waals surface area contributed by atoms with Gasteiger partial charge < -0.3 is 5.11 Å². The van der Waals surface area contributed by atoms with Gasteiger partial charge in [-0.15, -0.1) is 5.10 Å². The molecule has 1 aromatic carbocycles. The second-order valence-corrected chi connectivity index (χ2v) is 4.11. The molecule has 0 aliphatic heterocycles. The molecule has 0 spiro atoms. The Labute approximate surface area is 105 Å². The van der Waals surface area contributed by atoms with Crippen molar-refractivity contribution in [3.63, 3.8) is 0 Å². The monoisotopic (exact) mass is 245 g/mol. The fraction of sp³-hybridized carbons (Fsp3) is 0.308. The Balaban J connectivity index is 2.15. The molecule has 0 amide bonds. The van der Waals surface area contributed by atoms with E-state index < -0.39 is 5.97 Å². The van der Waals surface area contributed by atoms with Crippen LogP contribution in [0.15, 0.2) is 30.5 Å². The quantitative estimate of drug-likeness (QED) is 0.877. The number of hydrogen-bond acceptors (Lipinski definition) is 3. The van der Waals surface area contributed by atoms with Gasteiger partial charge in [0.1, 0.15) is 0 Å². The molecule has 0 aliphatic carbocycles. The minimum absolute atomic E-state index is 0.269. The molecule has 94 valence electrons. The van der Waals surface area contributed by atoms with Crippen LogP contribution in [0.25, 0.3) is 5.69 Å². The average molecular weight is 245 g/mol. The fourth-order valence-corrected chi connectivity index (χ4v) is 1.65. The maximum atomic E-state index is 10.7. The lowest BCUT2D eigenvalue weighted by molar-refractivity contribution is 0.0697. The number of carbonyl (C=O) groups is 1. The van der Waals surface area contributed by atoms with Crippen molar-refractivity contribution in [3.05, 3.63) is 41.7 Å². The summed E-state index contributed by atoms with van der Waals surface area (Å²) in [5.74, 6) is -0.927. The predicted molar refractivity (Wildman–Crippen MR) is 66.9 cm³/mol. The van der Waals surface area contributed by atoms with Gasteiger partial charge >= 0.3 is 5.97 Å². The van der Waals surface area contributed by atoms with Gasteiger partial charge in [-0.25, -0.2) is 9.48 Å². The van der Waals surface area contributed by atoms with E-state index in [1.165, 1.54) is 0 Å². The summed E-state index contributed by atoms with van der Waals surface area (Å²) in [6.07, 6.45) is 5.02. The normalized spacial score (nSPS) is 10.5. The van der Waals surface area contributed by atoms with Crippen molar-refractivity contribution in [1.29, 1.82) is 0 Å². The highest BCUT2D eigenvalue weighted by molar-refractivity contribution is 5.87. The van der Waals surface area contributed by atoms with Gasteiger partial charge in [0.25, 0.3) is 0 Å². The van der Waals surface area contributed by atoms with Crippen LogP contribution in [0.4, 0.5) is 0 Å². The average Bonchev–Trinajstić information content (AvgIpc) is 2.85. The third-order valence-corrected chi connectivity index (χ3v) is 2.71. The summed E-state index contributed by atoms with van der Waals surface area (Å²) in [5.41, 5.74) is 2.04. The van der Waals surface area contributed by atoms with Crippen molar-refractivity contribution in [2.75, 3.05) is 0 Å². The summed E-state index contributed by atoms with van der Waals surface area (Å²) in [4.78, 5) is 10.7. The Morgan fingerprint density at radius 3 is 2.67 bits per heavy atom. The van der Waals surface area contributed by atoms with Gasteiger partial charge in [-0.3, -0.25) is 0 Å². The second kappa shape index (κ2) is 5.44. The first kappa shape index (κ1) is 12.3. The minimum atomic E-state index is -0.927. The van der Waals surface area contributed by atoms with Gasteiger partial charge in [-0.1, -0.05) is 18.6 Å². The molecule has 0 radical (unpaired) electrons. The molecule has 5 nitrogen and oxygen atoms in total. The van der Waals surface area contributed by atoms with Crippen LogP contribution in [0.1, 0.15) is 35.8 Å². The second-order valence-electron chi connectivity index (χ2n) is 4.11. The number of hydrogen-bond donors (Lipinski definition) is 1. The minimum Gasteiger partial charge on any atom is -0.478 e. The van der Waals surface area contributed by atoms with Crippen LogP contribution in [0, 0.1) is 0 Å². The molecule has 1 aromatic heterocycles. The summed E-state index contributed by atoms with van der Waals surface area (Å²) in [7, 11) is 0. The Kier molecular flexibility index (Phi) is 3.72. The molecule has 0 aliphatic rings. The number of rotatable bonds is 5. The number of aryl methyl sites for hydroxylation is 1. The van der Waals surface area contributed by atoms with Crippen LogP contribution in [0.5, 0.6) is 0 Å². The zero-order valence-corrected chi connectivity index (χ0v) is 10.2. The number of benzene rings is 1. The van der Waals surface area contributed by atoms with Crippen molar-refractivity contribution in [2.45, 2.75) is 26.2 Å². The molecular formula is C13H15N3O2. The van der Waals surface area contributed by atoms with E-state index in [4.69, 9.17) is 5.11 Å². The summed E-state index contributed by atoms with van der Waals surface area (Å²) >= 11 is 0. The first-order valence-corrected chi connectivity index (χ1v) is 5.95. The smallest absolute Gasteiger partial charge is 0.335 e. The number of aromatic nitrogens is 3. The fourth-order valence-electron chi connectivity index (χ4n) is 1.65. The molecule has 0 fully saturated rings. The van der Waals surface area contributed by atoms with E-state index in [0.29, 0.717) is 0 Å². The molecule has 0 unspecified atom stereocenters. The van der Waals surface area contributed by atoms with Crippen molar-refractivity contribution < 1.29 is 9.90 Å². The maximum absolute atomic E-state index is 10.7. The molecule has 0 saturated carbocycles. The lowest BCUT2D eigenvalue weighted by Gasteiger charge is -2.00. The van der Waals surface area contributed by atoms with E-state index in [0.717, 1.165) is 30.6 Å². The Hall–Kier alpha value is -2.17. The van der Waals surface area contributed by atoms with Gasteiger partial charge in [-0.2, -0.15) is 0 Å². The van der Waals surface area contributed by atoms with Gasteiger partial charge in [0.2, 0.25) is 0 Å². The third-order valence-electron chi connectivity index (χ3n) is 2.71. The maximum Gasteiger partial charge on any atom is 0.335 e. The number of carboxylic acids is 1. The van der Waals surface area contributed by atoms with Crippen molar-refractivity contribution in [3.8, 4) is 5.69 Å². The zero-order valence-electron chi connectivity index (χ0n) is 10.2. The van der Waals surface area contributed by atoms with E-state index in [1.54, 1.807) is 28.9 Å². The highest BCUT2D eigenvalue weighted by Crippen LogP contribution is 2.10. The van der Waals surface area contributed by atoms with Crippen LogP contribution in [-0.2, 0) is 6.42 Å². The molecule has 1 heterocycles. The Morgan fingerprint density at radius 2 is 2.06 bits per heavy atom. The van der Waals surface area contributed by atoms with E-state index in [2.05, 4.69) is 17.2 Å². The van der Waals surface area contributed by atoms with Crippen molar-refractivity contribution >= 4 is 5.97 Å². The third kappa shape index (κ3) is 2.74. The van der Waals surface area contributed by atoms with Gasteiger partial charge in [0.15, 0.2) is 0 Å². The molecule has 0 atom stereocenters. The lowest BCUT2D eigenvalue weighted by Crippen LogP contribution is -1.98. The number of aromatic carboxylic acids is 1.